The lowest BCUT2D eigenvalue weighted by Gasteiger charge is -2.31. The summed E-state index contributed by atoms with van der Waals surface area (Å²) in [7, 11) is -3.72. The Bertz CT molecular complexity index is 769. The van der Waals surface area contributed by atoms with E-state index in [1.165, 1.54) is 24.3 Å². The minimum Gasteiger partial charge on any atom is -0.349 e. The summed E-state index contributed by atoms with van der Waals surface area (Å²) in [5, 5.41) is 2.63. The number of nitrogens with one attached hydrogen (secondary N) is 2. The molecule has 0 radical (unpaired) electrons. The van der Waals surface area contributed by atoms with Crippen molar-refractivity contribution >= 4 is 15.9 Å². The maximum absolute atomic E-state index is 12.9. The van der Waals surface area contributed by atoms with Crippen LogP contribution in [0.2, 0.25) is 0 Å². The highest BCUT2D eigenvalue weighted by molar-refractivity contribution is 7.89. The molecule has 1 aliphatic rings. The fraction of sp³-hybridized carbons (Fsp3) is 0.611. The number of hydrogen-bond donors (Lipinski definition) is 2. The molecule has 2 atom stereocenters. The number of carbonyl (C=O) groups excluding carboxylic acids is 1. The molecule has 5 nitrogen and oxygen atoms in total. The van der Waals surface area contributed by atoms with Crippen LogP contribution in [0, 0.1) is 5.92 Å². The Morgan fingerprint density at radius 1 is 1.07 bits per heavy atom. The van der Waals surface area contributed by atoms with Crippen molar-refractivity contribution in [1.82, 2.24) is 10.0 Å². The molecule has 0 spiro atoms. The smallest absolute Gasteiger partial charge is 0.349 e. The molecule has 2 unspecified atom stereocenters. The van der Waals surface area contributed by atoms with Gasteiger partial charge in [-0.25, -0.2) is 13.1 Å². The summed E-state index contributed by atoms with van der Waals surface area (Å²) >= 11 is 0. The highest BCUT2D eigenvalue weighted by Gasteiger charge is 2.42. The molecule has 1 aromatic carbocycles. The van der Waals surface area contributed by atoms with E-state index in [0.29, 0.717) is 12.8 Å². The number of rotatable bonds is 4. The Morgan fingerprint density at radius 2 is 1.67 bits per heavy atom. The van der Waals surface area contributed by atoms with Crippen LogP contribution in [0.4, 0.5) is 13.2 Å². The largest absolute Gasteiger partial charge is 0.391 e. The quantitative estimate of drug-likeness (QED) is 0.802. The molecule has 0 bridgehead atoms. The summed E-state index contributed by atoms with van der Waals surface area (Å²) in [6.07, 6.45) is -3.38. The number of sulfonamides is 1. The molecule has 0 aromatic heterocycles. The molecule has 1 amide bonds. The highest BCUT2D eigenvalue weighted by Crippen LogP contribution is 2.37. The minimum absolute atomic E-state index is 0.0174. The molecule has 0 heterocycles. The van der Waals surface area contributed by atoms with E-state index >= 15 is 0 Å². The van der Waals surface area contributed by atoms with Crippen LogP contribution in [0.5, 0.6) is 0 Å². The van der Waals surface area contributed by atoms with Crippen molar-refractivity contribution in [2.45, 2.75) is 69.1 Å². The summed E-state index contributed by atoms with van der Waals surface area (Å²) in [6.45, 7) is 5.14. The lowest BCUT2D eigenvalue weighted by Crippen LogP contribution is -2.41. The molecular formula is C18H25F3N2O3S. The second-order valence-electron chi connectivity index (χ2n) is 7.96. The Morgan fingerprint density at radius 3 is 2.19 bits per heavy atom. The third kappa shape index (κ3) is 6.21. The molecule has 2 rings (SSSR count). The van der Waals surface area contributed by atoms with Crippen LogP contribution in [0.25, 0.3) is 0 Å². The first-order valence-corrected chi connectivity index (χ1v) is 10.3. The average Bonchev–Trinajstić information content (AvgIpc) is 2.52. The molecular weight excluding hydrogens is 381 g/mol. The van der Waals surface area contributed by atoms with Crippen molar-refractivity contribution in [3.8, 4) is 0 Å². The molecule has 27 heavy (non-hydrogen) atoms. The van der Waals surface area contributed by atoms with Gasteiger partial charge in [0.2, 0.25) is 10.0 Å². The second kappa shape index (κ2) is 7.79. The number of alkyl halides is 3. The second-order valence-corrected chi connectivity index (χ2v) is 9.64. The van der Waals surface area contributed by atoms with Crippen LogP contribution in [0.1, 0.15) is 56.8 Å². The summed E-state index contributed by atoms with van der Waals surface area (Å²) in [5.74, 6) is -1.90. The highest BCUT2D eigenvalue weighted by atomic mass is 32.2. The van der Waals surface area contributed by atoms with Crippen molar-refractivity contribution in [2.24, 2.45) is 5.92 Å². The maximum atomic E-state index is 12.9. The molecule has 9 heteroatoms. The normalized spacial score (nSPS) is 21.7. The Kier molecular flexibility index (Phi) is 6.26. The molecule has 1 aliphatic carbocycles. The zero-order chi connectivity index (χ0) is 20.5. The Hall–Kier alpha value is -1.61. The first-order chi connectivity index (χ1) is 12.3. The van der Waals surface area contributed by atoms with Crippen molar-refractivity contribution < 1.29 is 26.4 Å². The van der Waals surface area contributed by atoms with E-state index in [9.17, 15) is 26.4 Å². The monoisotopic (exact) mass is 406 g/mol. The number of carbonyl (C=O) groups is 1. The van der Waals surface area contributed by atoms with Gasteiger partial charge in [-0.3, -0.25) is 4.79 Å². The number of halogens is 3. The van der Waals surface area contributed by atoms with Gasteiger partial charge in [-0.2, -0.15) is 13.2 Å². The minimum atomic E-state index is -4.25. The van der Waals surface area contributed by atoms with Gasteiger partial charge in [0.25, 0.3) is 5.91 Å². The van der Waals surface area contributed by atoms with Gasteiger partial charge in [0.1, 0.15) is 0 Å². The van der Waals surface area contributed by atoms with Crippen LogP contribution < -0.4 is 10.0 Å². The third-order valence-electron chi connectivity index (χ3n) is 4.34. The van der Waals surface area contributed by atoms with Crippen LogP contribution in [-0.2, 0) is 10.0 Å². The SMILES string of the molecule is CC(C)(C)NS(=O)(=O)c1ccc(C(=O)NC2CCCC(C(F)(F)F)C2)cc1. The first kappa shape index (κ1) is 21.7. The predicted molar refractivity (Wildman–Crippen MR) is 95.8 cm³/mol. The fourth-order valence-electron chi connectivity index (χ4n) is 3.13. The summed E-state index contributed by atoms with van der Waals surface area (Å²) in [5.41, 5.74) is -0.441. The van der Waals surface area contributed by atoms with Gasteiger partial charge in [0.15, 0.2) is 0 Å². The van der Waals surface area contributed by atoms with Crippen molar-refractivity contribution in [3.63, 3.8) is 0 Å². The van der Waals surface area contributed by atoms with Gasteiger partial charge in [0.05, 0.1) is 10.8 Å². The zero-order valence-electron chi connectivity index (χ0n) is 15.6. The predicted octanol–water partition coefficient (Wildman–Crippen LogP) is 3.61. The third-order valence-corrected chi connectivity index (χ3v) is 6.11. The van der Waals surface area contributed by atoms with Gasteiger partial charge in [0, 0.05) is 17.1 Å². The van der Waals surface area contributed by atoms with E-state index in [2.05, 4.69) is 10.0 Å². The zero-order valence-corrected chi connectivity index (χ0v) is 16.4. The van der Waals surface area contributed by atoms with Gasteiger partial charge >= 0.3 is 6.18 Å². The van der Waals surface area contributed by atoms with E-state index in [1.807, 2.05) is 0 Å². The van der Waals surface area contributed by atoms with Gasteiger partial charge < -0.3 is 5.32 Å². The van der Waals surface area contributed by atoms with Crippen LogP contribution in [0.15, 0.2) is 29.2 Å². The molecule has 0 saturated heterocycles. The van der Waals surface area contributed by atoms with Gasteiger partial charge in [-0.15, -0.1) is 0 Å². The first-order valence-electron chi connectivity index (χ1n) is 8.79. The van der Waals surface area contributed by atoms with Gasteiger partial charge in [-0.05, 0) is 64.3 Å². The Labute approximate surface area is 157 Å². The number of hydrogen-bond acceptors (Lipinski definition) is 3. The fourth-order valence-corrected chi connectivity index (χ4v) is 4.55. The number of benzene rings is 1. The molecule has 1 fully saturated rings. The lowest BCUT2D eigenvalue weighted by molar-refractivity contribution is -0.183. The molecule has 2 N–H and O–H groups in total. The van der Waals surface area contributed by atoms with Crippen LogP contribution in [-0.4, -0.2) is 32.1 Å². The van der Waals surface area contributed by atoms with Crippen molar-refractivity contribution in [2.75, 3.05) is 0 Å². The molecule has 1 saturated carbocycles. The van der Waals surface area contributed by atoms with E-state index in [0.717, 1.165) is 0 Å². The van der Waals surface area contributed by atoms with Crippen LogP contribution >= 0.6 is 0 Å². The van der Waals surface area contributed by atoms with E-state index in [-0.39, 0.29) is 23.3 Å². The van der Waals surface area contributed by atoms with Crippen LogP contribution in [0.3, 0.4) is 0 Å². The lowest BCUT2D eigenvalue weighted by atomic mass is 9.85. The average molecular weight is 406 g/mol. The molecule has 1 aromatic rings. The topological polar surface area (TPSA) is 75.3 Å². The molecule has 0 aliphatic heterocycles. The molecule has 152 valence electrons. The summed E-state index contributed by atoms with van der Waals surface area (Å²) in [4.78, 5) is 12.3. The summed E-state index contributed by atoms with van der Waals surface area (Å²) in [6, 6.07) is 4.79. The Balaban J connectivity index is 2.04. The van der Waals surface area contributed by atoms with E-state index in [1.54, 1.807) is 20.8 Å². The van der Waals surface area contributed by atoms with Crippen molar-refractivity contribution in [3.05, 3.63) is 29.8 Å². The summed E-state index contributed by atoms with van der Waals surface area (Å²) < 4.78 is 65.6. The van der Waals surface area contributed by atoms with Crippen molar-refractivity contribution in [1.29, 1.82) is 0 Å². The van der Waals surface area contributed by atoms with E-state index < -0.39 is 39.6 Å². The van der Waals surface area contributed by atoms with E-state index in [4.69, 9.17) is 0 Å². The maximum Gasteiger partial charge on any atom is 0.391 e. The van der Waals surface area contributed by atoms with Gasteiger partial charge in [-0.1, -0.05) is 6.42 Å². The standard InChI is InChI=1S/C18H25F3N2O3S/c1-17(2,3)23-27(25,26)15-9-7-12(8-10-15)16(24)22-14-6-4-5-13(11-14)18(19,20)21/h7-10,13-14,23H,4-6,11H2,1-3H3,(H,22,24). The number of amides is 1.